The number of nitrogen functional groups attached to an aromatic ring is 1. The van der Waals surface area contributed by atoms with Crippen molar-refractivity contribution in [2.45, 2.75) is 26.8 Å². The van der Waals surface area contributed by atoms with Crippen molar-refractivity contribution in [3.8, 4) is 0 Å². The number of hydrogen-bond acceptors (Lipinski definition) is 4. The van der Waals surface area contributed by atoms with Crippen LogP contribution in [0.5, 0.6) is 0 Å². The minimum atomic E-state index is -0.00476. The highest BCUT2D eigenvalue weighted by Gasteiger charge is 2.15. The molecule has 0 saturated heterocycles. The molecule has 1 aromatic rings. The number of carbonyl (C=O) groups is 1. The molecule has 0 fully saturated rings. The molecule has 4 nitrogen and oxygen atoms in total. The Morgan fingerprint density at radius 2 is 2.00 bits per heavy atom. The molecule has 1 rings (SSSR count). The average molecular weight is 263 g/mol. The number of nitrogens with two attached hydrogens (primary N) is 1. The number of benzene rings is 1. The van der Waals surface area contributed by atoms with E-state index in [0.29, 0.717) is 23.2 Å². The molecule has 0 aliphatic heterocycles. The zero-order valence-corrected chi connectivity index (χ0v) is 12.5. The molecule has 19 heavy (non-hydrogen) atoms. The van der Waals surface area contributed by atoms with Crippen molar-refractivity contribution >= 4 is 17.2 Å². The first-order valence-electron chi connectivity index (χ1n) is 6.63. The van der Waals surface area contributed by atoms with Crippen LogP contribution >= 0.6 is 0 Å². The largest absolute Gasteiger partial charge is 0.398 e. The molecule has 4 heteroatoms. The summed E-state index contributed by atoms with van der Waals surface area (Å²) in [5.41, 5.74) is 7.86. The van der Waals surface area contributed by atoms with Gasteiger partial charge in [-0.3, -0.25) is 4.79 Å². The summed E-state index contributed by atoms with van der Waals surface area (Å²) in [5, 5.41) is 3.48. The second-order valence-electron chi connectivity index (χ2n) is 5.62. The Labute approximate surface area is 116 Å². The molecule has 0 spiro atoms. The van der Waals surface area contributed by atoms with Crippen LogP contribution in [0.2, 0.25) is 0 Å². The van der Waals surface area contributed by atoms with Crippen LogP contribution in [0.4, 0.5) is 11.4 Å². The number of nitrogens with one attached hydrogen (secondary N) is 1. The van der Waals surface area contributed by atoms with Crippen molar-refractivity contribution in [2.24, 2.45) is 5.92 Å². The van der Waals surface area contributed by atoms with Crippen molar-refractivity contribution in [3.63, 3.8) is 0 Å². The molecule has 0 aliphatic carbocycles. The summed E-state index contributed by atoms with van der Waals surface area (Å²) in [6, 6.07) is 5.88. The van der Waals surface area contributed by atoms with Gasteiger partial charge in [-0.1, -0.05) is 13.8 Å². The third-order valence-corrected chi connectivity index (χ3v) is 3.15. The lowest BCUT2D eigenvalue weighted by Gasteiger charge is -2.27. The molecule has 0 radical (unpaired) electrons. The Morgan fingerprint density at radius 3 is 2.47 bits per heavy atom. The van der Waals surface area contributed by atoms with Gasteiger partial charge in [0.1, 0.15) is 0 Å². The molecule has 0 bridgehead atoms. The van der Waals surface area contributed by atoms with Gasteiger partial charge in [0.15, 0.2) is 5.78 Å². The number of likely N-dealkylation sites (N-methyl/N-ethyl adjacent to an activating group) is 1. The molecule has 3 N–H and O–H groups in total. The molecule has 1 aromatic carbocycles. The fourth-order valence-corrected chi connectivity index (χ4v) is 1.98. The number of anilines is 2. The summed E-state index contributed by atoms with van der Waals surface area (Å²) < 4.78 is 0. The lowest BCUT2D eigenvalue weighted by atomic mass is 10.0. The van der Waals surface area contributed by atoms with E-state index in [2.05, 4.69) is 38.2 Å². The Kier molecular flexibility index (Phi) is 5.36. The van der Waals surface area contributed by atoms with Crippen molar-refractivity contribution in [3.05, 3.63) is 23.8 Å². The number of nitrogens with zero attached hydrogens (tertiary/aromatic N) is 1. The van der Waals surface area contributed by atoms with Crippen LogP contribution < -0.4 is 11.1 Å². The van der Waals surface area contributed by atoms with E-state index in [1.54, 1.807) is 6.07 Å². The van der Waals surface area contributed by atoms with E-state index in [1.807, 2.05) is 12.1 Å². The van der Waals surface area contributed by atoms with Crippen LogP contribution in [0.15, 0.2) is 18.2 Å². The standard InChI is InChI=1S/C15H25N3O/c1-10(2)15(9-18(4)5)17-12-6-7-14(16)13(8-12)11(3)19/h6-8,10,15,17H,9,16H2,1-5H3. The minimum absolute atomic E-state index is 0.00476. The number of Topliss-reactive ketones (excluding diaryl/α,β-unsaturated/α-hetero) is 1. The Hall–Kier alpha value is -1.55. The third kappa shape index (κ3) is 4.56. The van der Waals surface area contributed by atoms with Crippen LogP contribution in [0.3, 0.4) is 0 Å². The SMILES string of the molecule is CC(=O)c1cc(NC(CN(C)C)C(C)C)ccc1N. The first-order valence-corrected chi connectivity index (χ1v) is 6.63. The molecule has 0 heterocycles. The summed E-state index contributed by atoms with van der Waals surface area (Å²) in [7, 11) is 4.11. The Balaban J connectivity index is 2.90. The fraction of sp³-hybridized carbons (Fsp3) is 0.533. The molecule has 0 saturated carbocycles. The van der Waals surface area contributed by atoms with Crippen LogP contribution in [0.25, 0.3) is 0 Å². The molecule has 0 amide bonds. The number of rotatable bonds is 6. The van der Waals surface area contributed by atoms with Gasteiger partial charge >= 0.3 is 0 Å². The highest BCUT2D eigenvalue weighted by molar-refractivity contribution is 6.00. The van der Waals surface area contributed by atoms with Gasteiger partial charge in [0, 0.05) is 29.5 Å². The number of ketones is 1. The van der Waals surface area contributed by atoms with Gasteiger partial charge < -0.3 is 16.0 Å². The zero-order valence-electron chi connectivity index (χ0n) is 12.5. The summed E-state index contributed by atoms with van der Waals surface area (Å²) >= 11 is 0. The third-order valence-electron chi connectivity index (χ3n) is 3.15. The van der Waals surface area contributed by atoms with Gasteiger partial charge in [-0.2, -0.15) is 0 Å². The van der Waals surface area contributed by atoms with Crippen molar-refractivity contribution in [1.82, 2.24) is 4.90 Å². The second kappa shape index (κ2) is 6.57. The molecular weight excluding hydrogens is 238 g/mol. The fourth-order valence-electron chi connectivity index (χ4n) is 1.98. The normalized spacial score (nSPS) is 12.8. The van der Waals surface area contributed by atoms with E-state index < -0.39 is 0 Å². The monoisotopic (exact) mass is 263 g/mol. The maximum atomic E-state index is 11.5. The van der Waals surface area contributed by atoms with Crippen molar-refractivity contribution in [1.29, 1.82) is 0 Å². The Bertz CT molecular complexity index is 441. The van der Waals surface area contributed by atoms with E-state index in [9.17, 15) is 4.79 Å². The topological polar surface area (TPSA) is 58.4 Å². The molecule has 106 valence electrons. The molecule has 1 atom stereocenters. The predicted octanol–water partition coefficient (Wildman–Crippen LogP) is 2.47. The highest BCUT2D eigenvalue weighted by atomic mass is 16.1. The first-order chi connectivity index (χ1) is 8.81. The van der Waals surface area contributed by atoms with Gasteiger partial charge in [-0.25, -0.2) is 0 Å². The summed E-state index contributed by atoms with van der Waals surface area (Å²) in [5.74, 6) is 0.496. The van der Waals surface area contributed by atoms with Crippen LogP contribution in [-0.2, 0) is 0 Å². The highest BCUT2D eigenvalue weighted by Crippen LogP contribution is 2.20. The van der Waals surface area contributed by atoms with Crippen LogP contribution in [0, 0.1) is 5.92 Å². The van der Waals surface area contributed by atoms with Crippen LogP contribution in [-0.4, -0.2) is 37.4 Å². The first kappa shape index (κ1) is 15.5. The smallest absolute Gasteiger partial charge is 0.161 e. The maximum Gasteiger partial charge on any atom is 0.161 e. The lowest BCUT2D eigenvalue weighted by Crippen LogP contribution is -2.36. The summed E-state index contributed by atoms with van der Waals surface area (Å²) in [4.78, 5) is 13.7. The molecule has 0 aromatic heterocycles. The quantitative estimate of drug-likeness (QED) is 0.611. The Morgan fingerprint density at radius 1 is 1.37 bits per heavy atom. The van der Waals surface area contributed by atoms with Gasteiger partial charge in [-0.15, -0.1) is 0 Å². The number of hydrogen-bond donors (Lipinski definition) is 2. The molecule has 1 unspecified atom stereocenters. The van der Waals surface area contributed by atoms with Gasteiger partial charge in [0.2, 0.25) is 0 Å². The summed E-state index contributed by atoms with van der Waals surface area (Å²) in [6.07, 6.45) is 0. The predicted molar refractivity (Wildman–Crippen MR) is 81.7 cm³/mol. The average Bonchev–Trinajstić information content (AvgIpc) is 2.29. The molecule has 0 aliphatic rings. The van der Waals surface area contributed by atoms with E-state index in [-0.39, 0.29) is 5.78 Å². The minimum Gasteiger partial charge on any atom is -0.398 e. The molecular formula is C15H25N3O. The van der Waals surface area contributed by atoms with Crippen molar-refractivity contribution < 1.29 is 4.79 Å². The van der Waals surface area contributed by atoms with Crippen LogP contribution in [0.1, 0.15) is 31.1 Å². The van der Waals surface area contributed by atoms with Gasteiger partial charge in [0.25, 0.3) is 0 Å². The lowest BCUT2D eigenvalue weighted by molar-refractivity contribution is 0.101. The second-order valence-corrected chi connectivity index (χ2v) is 5.62. The van der Waals surface area contributed by atoms with Gasteiger partial charge in [0.05, 0.1) is 0 Å². The summed E-state index contributed by atoms with van der Waals surface area (Å²) in [6.45, 7) is 6.85. The van der Waals surface area contributed by atoms with E-state index in [0.717, 1.165) is 12.2 Å². The number of carbonyl (C=O) groups excluding carboxylic acids is 1. The zero-order chi connectivity index (χ0) is 14.6. The van der Waals surface area contributed by atoms with E-state index in [4.69, 9.17) is 5.73 Å². The van der Waals surface area contributed by atoms with E-state index in [1.165, 1.54) is 6.92 Å². The van der Waals surface area contributed by atoms with Gasteiger partial charge in [-0.05, 0) is 45.1 Å². The maximum absolute atomic E-state index is 11.5. The van der Waals surface area contributed by atoms with E-state index >= 15 is 0 Å². The van der Waals surface area contributed by atoms with Crippen molar-refractivity contribution in [2.75, 3.05) is 31.7 Å².